The zero-order valence-corrected chi connectivity index (χ0v) is 13.5. The molecule has 1 aromatic heterocycles. The van der Waals surface area contributed by atoms with Gasteiger partial charge < -0.3 is 5.11 Å². The zero-order valence-electron chi connectivity index (χ0n) is 10.3. The van der Waals surface area contributed by atoms with E-state index in [1.165, 1.54) is 6.92 Å². The molecule has 0 aromatic carbocycles. The Bertz CT molecular complexity index is 598. The standard InChI is InChI=1S/C11H14BrNO4S2/c1-11(10(14)15)5-2-3-6-13(11)19(16,17)9-8(12)4-7-18-9/h4,7H,2-3,5-6H2,1H3,(H,14,15). The predicted molar refractivity (Wildman–Crippen MR) is 75.8 cm³/mol. The minimum atomic E-state index is -3.78. The summed E-state index contributed by atoms with van der Waals surface area (Å²) < 4.78 is 27.0. The Morgan fingerprint density at radius 3 is 2.74 bits per heavy atom. The molecule has 1 atom stereocenters. The highest BCUT2D eigenvalue weighted by molar-refractivity contribution is 9.10. The van der Waals surface area contributed by atoms with Crippen LogP contribution in [-0.2, 0) is 14.8 Å². The highest BCUT2D eigenvalue weighted by atomic mass is 79.9. The maximum atomic E-state index is 12.6. The van der Waals surface area contributed by atoms with E-state index in [9.17, 15) is 18.3 Å². The van der Waals surface area contributed by atoms with Crippen LogP contribution in [-0.4, -0.2) is 35.9 Å². The second-order valence-corrected chi connectivity index (χ2v) is 8.50. The number of hydrogen-bond acceptors (Lipinski definition) is 4. The van der Waals surface area contributed by atoms with E-state index in [-0.39, 0.29) is 10.8 Å². The molecule has 2 heterocycles. The van der Waals surface area contributed by atoms with Gasteiger partial charge >= 0.3 is 5.97 Å². The molecule has 0 aliphatic carbocycles. The molecule has 1 saturated heterocycles. The fourth-order valence-corrected chi connectivity index (χ4v) is 6.48. The number of halogens is 1. The lowest BCUT2D eigenvalue weighted by Gasteiger charge is -2.40. The molecule has 0 amide bonds. The Morgan fingerprint density at radius 1 is 1.53 bits per heavy atom. The Morgan fingerprint density at radius 2 is 2.21 bits per heavy atom. The summed E-state index contributed by atoms with van der Waals surface area (Å²) in [7, 11) is -3.78. The van der Waals surface area contributed by atoms with Crippen molar-refractivity contribution in [3.63, 3.8) is 0 Å². The van der Waals surface area contributed by atoms with Gasteiger partial charge in [0.2, 0.25) is 0 Å². The van der Waals surface area contributed by atoms with Crippen LogP contribution in [0.5, 0.6) is 0 Å². The van der Waals surface area contributed by atoms with Gasteiger partial charge in [-0.2, -0.15) is 4.31 Å². The van der Waals surface area contributed by atoms with Crippen molar-refractivity contribution in [2.24, 2.45) is 0 Å². The summed E-state index contributed by atoms with van der Waals surface area (Å²) >= 11 is 4.29. The van der Waals surface area contributed by atoms with Crippen molar-refractivity contribution in [1.29, 1.82) is 0 Å². The van der Waals surface area contributed by atoms with Crippen LogP contribution in [0.25, 0.3) is 0 Å². The van der Waals surface area contributed by atoms with Gasteiger partial charge in [0.05, 0.1) is 0 Å². The number of carboxylic acid groups (broad SMARTS) is 1. The van der Waals surface area contributed by atoms with E-state index in [1.807, 2.05) is 0 Å². The van der Waals surface area contributed by atoms with Crippen molar-refractivity contribution in [2.75, 3.05) is 6.54 Å². The van der Waals surface area contributed by atoms with Crippen LogP contribution in [0, 0.1) is 0 Å². The lowest BCUT2D eigenvalue weighted by atomic mass is 9.91. The van der Waals surface area contributed by atoms with Crippen molar-refractivity contribution in [1.82, 2.24) is 4.31 Å². The molecule has 2 rings (SSSR count). The van der Waals surface area contributed by atoms with Crippen LogP contribution in [0.1, 0.15) is 26.2 Å². The van der Waals surface area contributed by atoms with Crippen LogP contribution < -0.4 is 0 Å². The predicted octanol–water partition coefficient (Wildman–Crippen LogP) is 2.53. The van der Waals surface area contributed by atoms with E-state index in [1.54, 1.807) is 11.4 Å². The summed E-state index contributed by atoms with van der Waals surface area (Å²) in [6, 6.07) is 1.65. The van der Waals surface area contributed by atoms with Gasteiger partial charge in [0.1, 0.15) is 9.75 Å². The van der Waals surface area contributed by atoms with Gasteiger partial charge in [0.15, 0.2) is 0 Å². The van der Waals surface area contributed by atoms with Gasteiger partial charge in [-0.15, -0.1) is 11.3 Å². The summed E-state index contributed by atoms with van der Waals surface area (Å²) in [4.78, 5) is 11.5. The molecule has 5 nitrogen and oxygen atoms in total. The third kappa shape index (κ3) is 2.46. The zero-order chi connectivity index (χ0) is 14.3. The van der Waals surface area contributed by atoms with E-state index < -0.39 is 21.5 Å². The van der Waals surface area contributed by atoms with Gasteiger partial charge in [-0.25, -0.2) is 8.42 Å². The highest BCUT2D eigenvalue weighted by Crippen LogP contribution is 2.37. The largest absolute Gasteiger partial charge is 0.480 e. The topological polar surface area (TPSA) is 74.7 Å². The van der Waals surface area contributed by atoms with Crippen LogP contribution in [0.15, 0.2) is 20.1 Å². The van der Waals surface area contributed by atoms with Gasteiger partial charge in [0, 0.05) is 11.0 Å². The normalized spacial score (nSPS) is 25.4. The minimum Gasteiger partial charge on any atom is -0.480 e. The lowest BCUT2D eigenvalue weighted by Crippen LogP contribution is -2.57. The van der Waals surface area contributed by atoms with Gasteiger partial charge in [0.25, 0.3) is 10.0 Å². The number of nitrogens with zero attached hydrogens (tertiary/aromatic N) is 1. The van der Waals surface area contributed by atoms with Gasteiger partial charge in [-0.1, -0.05) is 0 Å². The molecule has 106 valence electrons. The van der Waals surface area contributed by atoms with Crippen molar-refractivity contribution in [3.8, 4) is 0 Å². The van der Waals surface area contributed by atoms with Crippen LogP contribution in [0.3, 0.4) is 0 Å². The molecular weight excluding hydrogens is 354 g/mol. The summed E-state index contributed by atoms with van der Waals surface area (Å²) in [5, 5.41) is 11.0. The second-order valence-electron chi connectivity index (χ2n) is 4.67. The van der Waals surface area contributed by atoms with E-state index in [2.05, 4.69) is 15.9 Å². The summed E-state index contributed by atoms with van der Waals surface area (Å²) in [6.07, 6.45) is 1.75. The van der Waals surface area contributed by atoms with Crippen molar-refractivity contribution >= 4 is 43.3 Å². The highest BCUT2D eigenvalue weighted by Gasteiger charge is 2.48. The van der Waals surface area contributed by atoms with Crippen molar-refractivity contribution in [2.45, 2.75) is 35.9 Å². The summed E-state index contributed by atoms with van der Waals surface area (Å²) in [6.45, 7) is 1.73. The lowest BCUT2D eigenvalue weighted by molar-refractivity contribution is -0.149. The first kappa shape index (κ1) is 15.0. The van der Waals surface area contributed by atoms with E-state index >= 15 is 0 Å². The third-order valence-electron chi connectivity index (χ3n) is 3.39. The molecule has 0 radical (unpaired) electrons. The number of rotatable bonds is 3. The molecule has 1 aliphatic heterocycles. The molecule has 8 heteroatoms. The molecule has 1 N–H and O–H groups in total. The fourth-order valence-electron chi connectivity index (χ4n) is 2.26. The average Bonchev–Trinajstić information content (AvgIpc) is 2.76. The molecule has 1 unspecified atom stereocenters. The Kier molecular flexibility index (Phi) is 4.06. The number of piperidine rings is 1. The molecule has 0 bridgehead atoms. The van der Waals surface area contributed by atoms with Crippen LogP contribution in [0.4, 0.5) is 0 Å². The number of carboxylic acids is 1. The van der Waals surface area contributed by atoms with Crippen molar-refractivity contribution in [3.05, 3.63) is 15.9 Å². The molecule has 19 heavy (non-hydrogen) atoms. The number of hydrogen-bond donors (Lipinski definition) is 1. The third-order valence-corrected chi connectivity index (χ3v) is 8.06. The Hall–Kier alpha value is -0.440. The summed E-state index contributed by atoms with van der Waals surface area (Å²) in [5.74, 6) is -1.09. The number of sulfonamides is 1. The first-order valence-corrected chi connectivity index (χ1v) is 8.90. The number of thiophene rings is 1. The summed E-state index contributed by atoms with van der Waals surface area (Å²) in [5.41, 5.74) is -1.36. The molecule has 0 saturated carbocycles. The Labute approximate surface area is 124 Å². The van der Waals surface area contributed by atoms with Crippen LogP contribution in [0.2, 0.25) is 0 Å². The Balaban J connectivity index is 2.49. The quantitative estimate of drug-likeness (QED) is 0.890. The van der Waals surface area contributed by atoms with E-state index in [0.717, 1.165) is 22.1 Å². The SMILES string of the molecule is CC1(C(=O)O)CCCCN1S(=O)(=O)c1sccc1Br. The molecular formula is C11H14BrNO4S2. The van der Waals surface area contributed by atoms with Gasteiger partial charge in [-0.05, 0) is 53.6 Å². The van der Waals surface area contributed by atoms with E-state index in [0.29, 0.717) is 17.3 Å². The second kappa shape index (κ2) is 5.16. The molecule has 0 spiro atoms. The smallest absolute Gasteiger partial charge is 0.324 e. The average molecular weight is 368 g/mol. The molecule has 1 aliphatic rings. The molecule has 1 aromatic rings. The maximum absolute atomic E-state index is 12.6. The van der Waals surface area contributed by atoms with Gasteiger partial charge in [-0.3, -0.25) is 4.79 Å². The van der Waals surface area contributed by atoms with E-state index in [4.69, 9.17) is 0 Å². The monoisotopic (exact) mass is 367 g/mol. The first-order valence-electron chi connectivity index (χ1n) is 5.79. The molecule has 1 fully saturated rings. The number of carbonyl (C=O) groups is 1. The maximum Gasteiger partial charge on any atom is 0.324 e. The van der Waals surface area contributed by atoms with Crippen molar-refractivity contribution < 1.29 is 18.3 Å². The minimum absolute atomic E-state index is 0.168. The fraction of sp³-hybridized carbons (Fsp3) is 0.545. The number of aliphatic carboxylic acids is 1. The first-order chi connectivity index (χ1) is 8.80. The van der Waals surface area contributed by atoms with Crippen LogP contribution >= 0.6 is 27.3 Å².